The average Bonchev–Trinajstić information content (AvgIpc) is 2.18. The maximum absolute atomic E-state index is 11.7. The van der Waals surface area contributed by atoms with Gasteiger partial charge in [0, 0.05) is 0 Å². The fourth-order valence-corrected chi connectivity index (χ4v) is 1.24. The van der Waals surface area contributed by atoms with Gasteiger partial charge in [-0.05, 0) is 26.8 Å². The van der Waals surface area contributed by atoms with E-state index in [2.05, 4.69) is 9.97 Å². The van der Waals surface area contributed by atoms with Crippen molar-refractivity contribution in [1.29, 1.82) is 0 Å². The van der Waals surface area contributed by atoms with Gasteiger partial charge in [0.05, 0.1) is 12.3 Å². The molecule has 0 spiro atoms. The molecule has 1 aromatic rings. The first kappa shape index (κ1) is 11.9. The largest absolute Gasteiger partial charge is 0.465 e. The molecule has 0 aliphatic rings. The van der Waals surface area contributed by atoms with E-state index in [9.17, 15) is 4.79 Å². The number of ether oxygens (including phenoxy) is 1. The molecular formula is C10H13ClN2O2. The highest BCUT2D eigenvalue weighted by Crippen LogP contribution is 2.23. The van der Waals surface area contributed by atoms with Crippen molar-refractivity contribution in [3.63, 3.8) is 0 Å². The van der Waals surface area contributed by atoms with Crippen LogP contribution in [-0.2, 0) is 14.9 Å². The minimum absolute atomic E-state index is 0.317. The summed E-state index contributed by atoms with van der Waals surface area (Å²) in [4.78, 5) is 19.4. The van der Waals surface area contributed by atoms with Gasteiger partial charge in [0.1, 0.15) is 16.9 Å². The number of halogens is 1. The van der Waals surface area contributed by atoms with Crippen LogP contribution in [0.1, 0.15) is 26.5 Å². The monoisotopic (exact) mass is 228 g/mol. The Morgan fingerprint density at radius 1 is 1.53 bits per heavy atom. The second kappa shape index (κ2) is 4.57. The van der Waals surface area contributed by atoms with Crippen molar-refractivity contribution in [3.05, 3.63) is 23.2 Å². The zero-order chi connectivity index (χ0) is 11.5. The molecule has 0 saturated heterocycles. The van der Waals surface area contributed by atoms with Gasteiger partial charge in [-0.3, -0.25) is 4.79 Å². The van der Waals surface area contributed by atoms with Crippen molar-refractivity contribution in [3.8, 4) is 0 Å². The first-order chi connectivity index (χ1) is 6.98. The molecule has 0 amide bonds. The van der Waals surface area contributed by atoms with E-state index in [0.717, 1.165) is 0 Å². The number of hydrogen-bond acceptors (Lipinski definition) is 4. The van der Waals surface area contributed by atoms with E-state index in [1.807, 2.05) is 0 Å². The first-order valence-electron chi connectivity index (χ1n) is 4.63. The Kier molecular flexibility index (Phi) is 3.63. The minimum atomic E-state index is -0.803. The first-order valence-corrected chi connectivity index (χ1v) is 5.01. The number of rotatable bonds is 3. The van der Waals surface area contributed by atoms with Gasteiger partial charge in [0.25, 0.3) is 0 Å². The molecule has 0 aliphatic carbocycles. The van der Waals surface area contributed by atoms with Crippen molar-refractivity contribution in [1.82, 2.24) is 9.97 Å². The minimum Gasteiger partial charge on any atom is -0.465 e. The molecule has 1 rings (SSSR count). The van der Waals surface area contributed by atoms with Crippen LogP contribution in [0.5, 0.6) is 0 Å². The molecule has 5 heteroatoms. The third-order valence-corrected chi connectivity index (χ3v) is 2.27. The molecule has 0 bridgehead atoms. The highest BCUT2D eigenvalue weighted by molar-refractivity contribution is 6.29. The second-order valence-corrected chi connectivity index (χ2v) is 3.96. The summed E-state index contributed by atoms with van der Waals surface area (Å²) in [5, 5.41) is 0.317. The Balaban J connectivity index is 2.99. The SMILES string of the molecule is CCOC(=O)C(C)(C)c1cc(Cl)ncn1. The van der Waals surface area contributed by atoms with Gasteiger partial charge < -0.3 is 4.74 Å². The van der Waals surface area contributed by atoms with Gasteiger partial charge in [-0.1, -0.05) is 11.6 Å². The summed E-state index contributed by atoms with van der Waals surface area (Å²) in [5.74, 6) is -0.320. The van der Waals surface area contributed by atoms with E-state index >= 15 is 0 Å². The van der Waals surface area contributed by atoms with Gasteiger partial charge >= 0.3 is 5.97 Å². The molecule has 0 aliphatic heterocycles. The maximum Gasteiger partial charge on any atom is 0.317 e. The van der Waals surface area contributed by atoms with Crippen molar-refractivity contribution in [2.75, 3.05) is 6.61 Å². The summed E-state index contributed by atoms with van der Waals surface area (Å²) >= 11 is 5.73. The van der Waals surface area contributed by atoms with E-state index < -0.39 is 5.41 Å². The lowest BCUT2D eigenvalue weighted by atomic mass is 9.89. The summed E-state index contributed by atoms with van der Waals surface area (Å²) < 4.78 is 4.96. The Morgan fingerprint density at radius 3 is 2.73 bits per heavy atom. The zero-order valence-electron chi connectivity index (χ0n) is 8.95. The van der Waals surface area contributed by atoms with Gasteiger partial charge in [-0.15, -0.1) is 0 Å². The molecule has 0 unspecified atom stereocenters. The standard InChI is InChI=1S/C10H13ClN2O2/c1-4-15-9(14)10(2,3)7-5-8(11)13-6-12-7/h5-6H,4H2,1-3H3. The lowest BCUT2D eigenvalue weighted by Crippen LogP contribution is -2.32. The van der Waals surface area contributed by atoms with Gasteiger partial charge in [0.2, 0.25) is 0 Å². The summed E-state index contributed by atoms with van der Waals surface area (Å²) in [5.41, 5.74) is -0.247. The van der Waals surface area contributed by atoms with Crippen molar-refractivity contribution in [2.24, 2.45) is 0 Å². The lowest BCUT2D eigenvalue weighted by molar-refractivity contribution is -0.148. The molecule has 1 heterocycles. The van der Waals surface area contributed by atoms with Crippen LogP contribution in [0.25, 0.3) is 0 Å². The molecule has 0 aromatic carbocycles. The van der Waals surface area contributed by atoms with E-state index in [1.165, 1.54) is 6.33 Å². The van der Waals surface area contributed by atoms with E-state index in [4.69, 9.17) is 16.3 Å². The number of aromatic nitrogens is 2. The highest BCUT2D eigenvalue weighted by Gasteiger charge is 2.33. The molecular weight excluding hydrogens is 216 g/mol. The van der Waals surface area contributed by atoms with E-state index in [1.54, 1.807) is 26.8 Å². The summed E-state index contributed by atoms with van der Waals surface area (Å²) in [6, 6.07) is 1.57. The molecule has 1 aromatic heterocycles. The van der Waals surface area contributed by atoms with Crippen LogP contribution in [-0.4, -0.2) is 22.5 Å². The third kappa shape index (κ3) is 2.65. The van der Waals surface area contributed by atoms with Crippen LogP contribution in [0.3, 0.4) is 0 Å². The van der Waals surface area contributed by atoms with Gasteiger partial charge in [-0.2, -0.15) is 0 Å². The highest BCUT2D eigenvalue weighted by atomic mass is 35.5. The summed E-state index contributed by atoms with van der Waals surface area (Å²) in [6.45, 7) is 5.59. The topological polar surface area (TPSA) is 52.1 Å². The number of esters is 1. The third-order valence-electron chi connectivity index (χ3n) is 2.06. The molecule has 0 atom stereocenters. The molecule has 4 nitrogen and oxygen atoms in total. The van der Waals surface area contributed by atoms with Crippen LogP contribution in [0.2, 0.25) is 5.15 Å². The Morgan fingerprint density at radius 2 is 2.20 bits per heavy atom. The van der Waals surface area contributed by atoms with Crippen LogP contribution in [0.15, 0.2) is 12.4 Å². The predicted molar refractivity (Wildman–Crippen MR) is 56.7 cm³/mol. The Labute approximate surface area is 93.6 Å². The smallest absolute Gasteiger partial charge is 0.317 e. The molecule has 0 radical (unpaired) electrons. The van der Waals surface area contributed by atoms with Gasteiger partial charge in [0.15, 0.2) is 0 Å². The fraction of sp³-hybridized carbons (Fsp3) is 0.500. The molecule has 82 valence electrons. The normalized spacial score (nSPS) is 11.2. The summed E-state index contributed by atoms with van der Waals surface area (Å²) in [6.07, 6.45) is 1.33. The van der Waals surface area contributed by atoms with Crippen molar-refractivity contribution >= 4 is 17.6 Å². The average molecular weight is 229 g/mol. The Bertz CT molecular complexity index is 366. The van der Waals surface area contributed by atoms with Crippen molar-refractivity contribution in [2.45, 2.75) is 26.2 Å². The number of hydrogen-bond donors (Lipinski definition) is 0. The predicted octanol–water partition coefficient (Wildman–Crippen LogP) is 1.97. The maximum atomic E-state index is 11.7. The number of carbonyl (C=O) groups excluding carboxylic acids is 1. The van der Waals surface area contributed by atoms with Crippen molar-refractivity contribution < 1.29 is 9.53 Å². The van der Waals surface area contributed by atoms with Crippen LogP contribution in [0.4, 0.5) is 0 Å². The quantitative estimate of drug-likeness (QED) is 0.586. The van der Waals surface area contributed by atoms with E-state index in [-0.39, 0.29) is 5.97 Å². The second-order valence-electron chi connectivity index (χ2n) is 3.57. The molecule has 0 N–H and O–H groups in total. The van der Waals surface area contributed by atoms with Gasteiger partial charge in [-0.25, -0.2) is 9.97 Å². The lowest BCUT2D eigenvalue weighted by Gasteiger charge is -2.21. The van der Waals surface area contributed by atoms with Crippen LogP contribution >= 0.6 is 11.6 Å². The number of nitrogens with zero attached hydrogens (tertiary/aromatic N) is 2. The fourth-order valence-electron chi connectivity index (χ4n) is 1.09. The zero-order valence-corrected chi connectivity index (χ0v) is 9.71. The molecule has 15 heavy (non-hydrogen) atoms. The van der Waals surface area contributed by atoms with Crippen LogP contribution < -0.4 is 0 Å². The Hall–Kier alpha value is -1.16. The van der Waals surface area contributed by atoms with Crippen LogP contribution in [0, 0.1) is 0 Å². The van der Waals surface area contributed by atoms with E-state index in [0.29, 0.717) is 17.5 Å². The summed E-state index contributed by atoms with van der Waals surface area (Å²) in [7, 11) is 0. The molecule has 0 saturated carbocycles. The number of carbonyl (C=O) groups is 1. The molecule has 0 fully saturated rings.